The minimum atomic E-state index is 0.735. The maximum atomic E-state index is 5.61. The Hall–Kier alpha value is -2.11. The smallest absolute Gasteiger partial charge is 0.136 e. The van der Waals surface area contributed by atoms with Gasteiger partial charge in [0.25, 0.3) is 0 Å². The molecule has 116 valence electrons. The van der Waals surface area contributed by atoms with Crippen LogP contribution >= 0.6 is 24.0 Å². The van der Waals surface area contributed by atoms with Crippen molar-refractivity contribution in [2.75, 3.05) is 6.26 Å². The second-order valence-electron chi connectivity index (χ2n) is 5.06. The topological polar surface area (TPSA) is 33.1 Å². The number of benzene rings is 2. The molecule has 0 aliphatic carbocycles. The number of nitrogens with one attached hydrogen (secondary N) is 1. The molecule has 3 nitrogen and oxygen atoms in total. The summed E-state index contributed by atoms with van der Waals surface area (Å²) in [5, 5.41) is 3.31. The highest BCUT2D eigenvalue weighted by atomic mass is 32.2. The molecule has 0 atom stereocenters. The molecule has 2 aromatic carbocycles. The Morgan fingerprint density at radius 2 is 1.78 bits per heavy atom. The lowest BCUT2D eigenvalue weighted by atomic mass is 10.3. The van der Waals surface area contributed by atoms with E-state index in [2.05, 4.69) is 22.4 Å². The first-order chi connectivity index (χ1) is 11.2. The molecular formula is C18H17N3S2. The Kier molecular flexibility index (Phi) is 4.79. The molecule has 0 aliphatic rings. The van der Waals surface area contributed by atoms with Crippen LogP contribution in [0, 0.1) is 11.6 Å². The highest BCUT2D eigenvalue weighted by Gasteiger charge is 2.07. The van der Waals surface area contributed by atoms with E-state index < -0.39 is 0 Å². The SMILES string of the molecule is CSc1ccccc1N=Cc1c(C)[nH]n(-c2ccccc2)c1=S. The van der Waals surface area contributed by atoms with E-state index in [0.717, 1.165) is 32.2 Å². The van der Waals surface area contributed by atoms with Crippen LogP contribution in [-0.2, 0) is 0 Å². The van der Waals surface area contributed by atoms with Gasteiger partial charge in [0, 0.05) is 16.8 Å². The van der Waals surface area contributed by atoms with Gasteiger partial charge < -0.3 is 0 Å². The van der Waals surface area contributed by atoms with Crippen LogP contribution in [0.4, 0.5) is 5.69 Å². The highest BCUT2D eigenvalue weighted by molar-refractivity contribution is 7.98. The summed E-state index contributed by atoms with van der Waals surface area (Å²) in [5.41, 5.74) is 3.93. The van der Waals surface area contributed by atoms with E-state index in [0.29, 0.717) is 0 Å². The molecule has 1 N–H and O–H groups in total. The van der Waals surface area contributed by atoms with E-state index in [4.69, 9.17) is 12.2 Å². The lowest BCUT2D eigenvalue weighted by Gasteiger charge is -2.01. The summed E-state index contributed by atoms with van der Waals surface area (Å²) < 4.78 is 2.64. The normalized spacial score (nSPS) is 11.2. The second kappa shape index (κ2) is 6.98. The van der Waals surface area contributed by atoms with E-state index in [1.165, 1.54) is 0 Å². The van der Waals surface area contributed by atoms with Crippen LogP contribution in [0.5, 0.6) is 0 Å². The molecule has 0 fully saturated rings. The van der Waals surface area contributed by atoms with Crippen molar-refractivity contribution < 1.29 is 0 Å². The summed E-state index contributed by atoms with van der Waals surface area (Å²) in [5.74, 6) is 0. The van der Waals surface area contributed by atoms with Crippen molar-refractivity contribution in [1.29, 1.82) is 0 Å². The number of hydrogen-bond donors (Lipinski definition) is 1. The van der Waals surface area contributed by atoms with Gasteiger partial charge in [0.1, 0.15) is 4.64 Å². The van der Waals surface area contributed by atoms with Gasteiger partial charge in [-0.15, -0.1) is 11.8 Å². The fourth-order valence-corrected chi connectivity index (χ4v) is 3.24. The monoisotopic (exact) mass is 339 g/mol. The summed E-state index contributed by atoms with van der Waals surface area (Å²) >= 11 is 7.29. The molecule has 0 unspecified atom stereocenters. The van der Waals surface area contributed by atoms with Gasteiger partial charge in [0.15, 0.2) is 0 Å². The fourth-order valence-electron chi connectivity index (χ4n) is 2.34. The fraction of sp³-hybridized carbons (Fsp3) is 0.111. The number of hydrogen-bond acceptors (Lipinski definition) is 3. The van der Waals surface area contributed by atoms with Crippen molar-refractivity contribution in [3.8, 4) is 5.69 Å². The molecule has 0 spiro atoms. The zero-order valence-electron chi connectivity index (χ0n) is 13.0. The summed E-state index contributed by atoms with van der Waals surface area (Å²) in [6, 6.07) is 18.1. The summed E-state index contributed by atoms with van der Waals surface area (Å²) in [4.78, 5) is 5.78. The molecular weight excluding hydrogens is 322 g/mol. The van der Waals surface area contributed by atoms with Crippen LogP contribution in [0.2, 0.25) is 0 Å². The third-order valence-corrected chi connectivity index (χ3v) is 4.74. The Morgan fingerprint density at radius 3 is 2.52 bits per heavy atom. The van der Waals surface area contributed by atoms with Gasteiger partial charge in [-0.2, -0.15) is 0 Å². The lowest BCUT2D eigenvalue weighted by Crippen LogP contribution is -1.95. The van der Waals surface area contributed by atoms with Gasteiger partial charge in [-0.1, -0.05) is 42.5 Å². The van der Waals surface area contributed by atoms with Crippen LogP contribution in [0.3, 0.4) is 0 Å². The summed E-state index contributed by atoms with van der Waals surface area (Å²) in [7, 11) is 0. The van der Waals surface area contributed by atoms with E-state index in [-0.39, 0.29) is 0 Å². The first kappa shape index (κ1) is 15.8. The van der Waals surface area contributed by atoms with Gasteiger partial charge in [-0.3, -0.25) is 10.1 Å². The lowest BCUT2D eigenvalue weighted by molar-refractivity contribution is 0.853. The van der Waals surface area contributed by atoms with Gasteiger partial charge in [0.05, 0.1) is 16.9 Å². The first-order valence-electron chi connectivity index (χ1n) is 7.25. The molecule has 0 bridgehead atoms. The number of aromatic amines is 1. The average molecular weight is 339 g/mol. The Labute approximate surface area is 145 Å². The van der Waals surface area contributed by atoms with Crippen molar-refractivity contribution in [1.82, 2.24) is 9.78 Å². The molecule has 1 heterocycles. The van der Waals surface area contributed by atoms with Crippen molar-refractivity contribution in [2.24, 2.45) is 4.99 Å². The Balaban J connectivity index is 2.00. The maximum Gasteiger partial charge on any atom is 0.136 e. The Bertz CT molecular complexity index is 892. The van der Waals surface area contributed by atoms with Crippen molar-refractivity contribution in [3.05, 3.63) is 70.5 Å². The molecule has 0 radical (unpaired) electrons. The number of rotatable bonds is 4. The van der Waals surface area contributed by atoms with Gasteiger partial charge in [-0.05, 0) is 37.4 Å². The number of para-hydroxylation sites is 2. The minimum Gasteiger partial charge on any atom is -0.297 e. The van der Waals surface area contributed by atoms with Crippen LogP contribution in [-0.4, -0.2) is 22.3 Å². The molecule has 1 aromatic heterocycles. The predicted molar refractivity (Wildman–Crippen MR) is 101 cm³/mol. The molecule has 0 aliphatic heterocycles. The molecule has 3 aromatic rings. The van der Waals surface area contributed by atoms with Gasteiger partial charge in [0.2, 0.25) is 0 Å². The predicted octanol–water partition coefficient (Wildman–Crippen LogP) is 5.32. The largest absolute Gasteiger partial charge is 0.297 e. The van der Waals surface area contributed by atoms with E-state index >= 15 is 0 Å². The number of aromatic nitrogens is 2. The van der Waals surface area contributed by atoms with Crippen LogP contribution in [0.25, 0.3) is 5.69 Å². The molecule has 0 amide bonds. The number of aryl methyl sites for hydroxylation is 1. The number of H-pyrrole nitrogens is 1. The molecule has 23 heavy (non-hydrogen) atoms. The summed E-state index contributed by atoms with van der Waals surface area (Å²) in [6.07, 6.45) is 3.90. The van der Waals surface area contributed by atoms with E-state index in [1.54, 1.807) is 11.8 Å². The third kappa shape index (κ3) is 3.30. The first-order valence-corrected chi connectivity index (χ1v) is 8.88. The molecule has 0 saturated heterocycles. The summed E-state index contributed by atoms with van der Waals surface area (Å²) in [6.45, 7) is 2.01. The van der Waals surface area contributed by atoms with Gasteiger partial charge in [-0.25, -0.2) is 4.68 Å². The maximum absolute atomic E-state index is 5.61. The Morgan fingerprint density at radius 1 is 1.09 bits per heavy atom. The van der Waals surface area contributed by atoms with Crippen molar-refractivity contribution >= 4 is 35.9 Å². The quantitative estimate of drug-likeness (QED) is 0.397. The molecule has 3 rings (SSSR count). The second-order valence-corrected chi connectivity index (χ2v) is 6.29. The third-order valence-electron chi connectivity index (χ3n) is 3.55. The van der Waals surface area contributed by atoms with Crippen molar-refractivity contribution in [3.63, 3.8) is 0 Å². The number of thioether (sulfide) groups is 1. The zero-order chi connectivity index (χ0) is 16.2. The zero-order valence-corrected chi connectivity index (χ0v) is 14.6. The average Bonchev–Trinajstić information content (AvgIpc) is 2.88. The van der Waals surface area contributed by atoms with E-state index in [9.17, 15) is 0 Å². The van der Waals surface area contributed by atoms with Crippen molar-refractivity contribution in [2.45, 2.75) is 11.8 Å². The van der Waals surface area contributed by atoms with Crippen LogP contribution in [0.1, 0.15) is 11.3 Å². The standard InChI is InChI=1S/C18H17N3S2/c1-13-15(12-19-16-10-6-7-11-17(16)23-2)18(22)21(20-13)14-8-4-3-5-9-14/h3-12,20H,1-2H3. The van der Waals surface area contributed by atoms with E-state index in [1.807, 2.05) is 66.4 Å². The highest BCUT2D eigenvalue weighted by Crippen LogP contribution is 2.27. The number of aliphatic imine (C=N–C) groups is 1. The molecule has 5 heteroatoms. The number of nitrogens with zero attached hydrogens (tertiary/aromatic N) is 2. The minimum absolute atomic E-state index is 0.735. The molecule has 0 saturated carbocycles. The van der Waals surface area contributed by atoms with Crippen LogP contribution < -0.4 is 0 Å². The van der Waals surface area contributed by atoms with Crippen LogP contribution in [0.15, 0.2) is 64.5 Å². The van der Waals surface area contributed by atoms with Gasteiger partial charge >= 0.3 is 0 Å².